The van der Waals surface area contributed by atoms with E-state index in [1.807, 2.05) is 30.3 Å². The quantitative estimate of drug-likeness (QED) is 0.487. The molecular formula is C21H25ClN2. The molecule has 0 bridgehead atoms. The normalized spacial score (nSPS) is 16.2. The molecule has 1 aliphatic rings. The molecular weight excluding hydrogens is 316 g/mol. The summed E-state index contributed by atoms with van der Waals surface area (Å²) in [6, 6.07) is 18.9. The van der Waals surface area contributed by atoms with Crippen LogP contribution in [0.25, 0.3) is 0 Å². The topological polar surface area (TPSA) is 15.6 Å². The van der Waals surface area contributed by atoms with Gasteiger partial charge in [0.2, 0.25) is 0 Å². The third-order valence-corrected chi connectivity index (χ3v) is 5.06. The van der Waals surface area contributed by atoms with E-state index < -0.39 is 0 Å². The Balaban J connectivity index is 2.02. The Kier molecular flexibility index (Phi) is 5.92. The third-order valence-electron chi connectivity index (χ3n) is 4.74. The first kappa shape index (κ1) is 17.0. The van der Waals surface area contributed by atoms with Crippen molar-refractivity contribution in [1.82, 2.24) is 4.90 Å². The van der Waals surface area contributed by atoms with Gasteiger partial charge in [0.15, 0.2) is 0 Å². The van der Waals surface area contributed by atoms with Crippen LogP contribution in [-0.2, 0) is 0 Å². The minimum atomic E-state index is 0.574. The van der Waals surface area contributed by atoms with Gasteiger partial charge in [-0.3, -0.25) is 0 Å². The summed E-state index contributed by atoms with van der Waals surface area (Å²) in [6.07, 6.45) is 6.49. The molecule has 0 spiro atoms. The molecule has 2 aromatic rings. The van der Waals surface area contributed by atoms with Gasteiger partial charge in [-0.15, -0.1) is 0 Å². The van der Waals surface area contributed by atoms with Gasteiger partial charge in [0, 0.05) is 18.2 Å². The van der Waals surface area contributed by atoms with E-state index in [0.29, 0.717) is 11.1 Å². The summed E-state index contributed by atoms with van der Waals surface area (Å²) in [6.45, 7) is 3.18. The van der Waals surface area contributed by atoms with Gasteiger partial charge in [-0.25, -0.2) is 4.99 Å². The second kappa shape index (κ2) is 8.34. The summed E-state index contributed by atoms with van der Waals surface area (Å²) in [5.74, 6) is 1.04. The average molecular weight is 341 g/mol. The highest BCUT2D eigenvalue weighted by Crippen LogP contribution is 2.28. The van der Waals surface area contributed by atoms with Gasteiger partial charge in [0.25, 0.3) is 0 Å². The Morgan fingerprint density at radius 2 is 1.67 bits per heavy atom. The lowest BCUT2D eigenvalue weighted by Gasteiger charge is -2.36. The van der Waals surface area contributed by atoms with Crippen LogP contribution in [0.1, 0.15) is 44.6 Å². The summed E-state index contributed by atoms with van der Waals surface area (Å²) < 4.78 is 0. The van der Waals surface area contributed by atoms with Crippen molar-refractivity contribution in [3.8, 4) is 0 Å². The molecule has 0 unspecified atom stereocenters. The van der Waals surface area contributed by atoms with Crippen molar-refractivity contribution in [3.63, 3.8) is 0 Å². The summed E-state index contributed by atoms with van der Waals surface area (Å²) in [5, 5.41) is 0.700. The summed E-state index contributed by atoms with van der Waals surface area (Å²) in [7, 11) is 0. The van der Waals surface area contributed by atoms with Crippen LogP contribution in [0.3, 0.4) is 0 Å². The summed E-state index contributed by atoms with van der Waals surface area (Å²) in [4.78, 5) is 7.46. The van der Waals surface area contributed by atoms with Crippen LogP contribution in [0.15, 0.2) is 59.6 Å². The molecule has 2 aromatic carbocycles. The fourth-order valence-electron chi connectivity index (χ4n) is 3.51. The first-order valence-corrected chi connectivity index (χ1v) is 9.32. The van der Waals surface area contributed by atoms with Crippen molar-refractivity contribution in [2.45, 2.75) is 45.1 Å². The van der Waals surface area contributed by atoms with Gasteiger partial charge >= 0.3 is 0 Å². The van der Waals surface area contributed by atoms with E-state index >= 15 is 0 Å². The number of benzene rings is 2. The second-order valence-corrected chi connectivity index (χ2v) is 6.74. The molecule has 0 aromatic heterocycles. The highest BCUT2D eigenvalue weighted by molar-refractivity contribution is 6.33. The maximum atomic E-state index is 6.36. The molecule has 0 N–H and O–H groups in total. The molecule has 0 amide bonds. The second-order valence-electron chi connectivity index (χ2n) is 6.33. The van der Waals surface area contributed by atoms with E-state index in [1.165, 1.54) is 32.1 Å². The third kappa shape index (κ3) is 3.99. The van der Waals surface area contributed by atoms with E-state index in [9.17, 15) is 0 Å². The van der Waals surface area contributed by atoms with E-state index in [1.54, 1.807) is 0 Å². The number of rotatable bonds is 4. The van der Waals surface area contributed by atoms with E-state index in [0.717, 1.165) is 23.6 Å². The lowest BCUT2D eigenvalue weighted by molar-refractivity contribution is 0.252. The molecule has 3 rings (SSSR count). The number of nitrogens with zero attached hydrogens (tertiary/aromatic N) is 2. The van der Waals surface area contributed by atoms with Crippen molar-refractivity contribution in [1.29, 1.82) is 0 Å². The first-order chi connectivity index (χ1) is 11.8. The van der Waals surface area contributed by atoms with Crippen LogP contribution >= 0.6 is 11.6 Å². The fourth-order valence-corrected chi connectivity index (χ4v) is 3.69. The number of hydrogen-bond donors (Lipinski definition) is 0. The highest BCUT2D eigenvalue weighted by atomic mass is 35.5. The Bertz CT molecular complexity index is 675. The van der Waals surface area contributed by atoms with Crippen molar-refractivity contribution < 1.29 is 0 Å². The number of amidine groups is 1. The van der Waals surface area contributed by atoms with Crippen LogP contribution < -0.4 is 0 Å². The minimum Gasteiger partial charge on any atom is -0.353 e. The standard InChI is InChI=1S/C21H25ClN2/c1-2-24(18-13-7-4-8-14-18)21(17-11-5-3-6-12-17)23-20-16-10-9-15-19(20)22/h3,5-6,9-12,15-16,18H,2,4,7-8,13-14H2,1H3. The SMILES string of the molecule is CCN(C(=Nc1ccccc1Cl)c1ccccc1)C1CCCCC1. The fraction of sp³-hybridized carbons (Fsp3) is 0.381. The largest absolute Gasteiger partial charge is 0.353 e. The molecule has 0 radical (unpaired) electrons. The van der Waals surface area contributed by atoms with Gasteiger partial charge in [-0.05, 0) is 31.9 Å². The van der Waals surface area contributed by atoms with Crippen LogP contribution in [0.4, 0.5) is 5.69 Å². The average Bonchev–Trinajstić information content (AvgIpc) is 2.65. The smallest absolute Gasteiger partial charge is 0.136 e. The molecule has 0 aliphatic heterocycles. The van der Waals surface area contributed by atoms with Crippen molar-refractivity contribution in [3.05, 3.63) is 65.2 Å². The molecule has 1 saturated carbocycles. The van der Waals surface area contributed by atoms with Crippen LogP contribution in [0.5, 0.6) is 0 Å². The monoisotopic (exact) mass is 340 g/mol. The zero-order valence-corrected chi connectivity index (χ0v) is 15.0. The van der Waals surface area contributed by atoms with E-state index in [-0.39, 0.29) is 0 Å². The maximum Gasteiger partial charge on any atom is 0.136 e. The predicted octanol–water partition coefficient (Wildman–Crippen LogP) is 6.07. The summed E-state index contributed by atoms with van der Waals surface area (Å²) in [5.41, 5.74) is 2.00. The molecule has 0 heterocycles. The lowest BCUT2D eigenvalue weighted by atomic mass is 9.93. The molecule has 126 valence electrons. The maximum absolute atomic E-state index is 6.36. The van der Waals surface area contributed by atoms with Gasteiger partial charge in [0.05, 0.1) is 10.7 Å². The molecule has 2 nitrogen and oxygen atoms in total. The van der Waals surface area contributed by atoms with Crippen LogP contribution in [0.2, 0.25) is 5.02 Å². The Morgan fingerprint density at radius 3 is 2.33 bits per heavy atom. The van der Waals surface area contributed by atoms with Gasteiger partial charge in [-0.1, -0.05) is 73.3 Å². The van der Waals surface area contributed by atoms with E-state index in [4.69, 9.17) is 16.6 Å². The lowest BCUT2D eigenvalue weighted by Crippen LogP contribution is -2.41. The number of aliphatic imine (C=N–C) groups is 1. The van der Waals surface area contributed by atoms with Crippen molar-refractivity contribution in [2.24, 2.45) is 4.99 Å². The van der Waals surface area contributed by atoms with E-state index in [2.05, 4.69) is 36.1 Å². The Labute approximate surface area is 150 Å². The Hall–Kier alpha value is -1.80. The van der Waals surface area contributed by atoms with Crippen molar-refractivity contribution in [2.75, 3.05) is 6.54 Å². The number of halogens is 1. The van der Waals surface area contributed by atoms with Gasteiger partial charge < -0.3 is 4.90 Å². The molecule has 0 atom stereocenters. The van der Waals surface area contributed by atoms with Gasteiger partial charge in [0.1, 0.15) is 5.84 Å². The van der Waals surface area contributed by atoms with Crippen molar-refractivity contribution >= 4 is 23.1 Å². The van der Waals surface area contributed by atoms with Gasteiger partial charge in [-0.2, -0.15) is 0 Å². The summed E-state index contributed by atoms with van der Waals surface area (Å²) >= 11 is 6.36. The van der Waals surface area contributed by atoms with Crippen LogP contribution in [0, 0.1) is 0 Å². The molecule has 24 heavy (non-hydrogen) atoms. The molecule has 0 saturated heterocycles. The first-order valence-electron chi connectivity index (χ1n) is 8.95. The predicted molar refractivity (Wildman–Crippen MR) is 103 cm³/mol. The molecule has 1 fully saturated rings. The number of hydrogen-bond acceptors (Lipinski definition) is 1. The number of para-hydroxylation sites is 1. The minimum absolute atomic E-state index is 0.574. The Morgan fingerprint density at radius 1 is 1.00 bits per heavy atom. The molecule has 3 heteroatoms. The highest BCUT2D eigenvalue weighted by Gasteiger charge is 2.24. The van der Waals surface area contributed by atoms with Crippen LogP contribution in [-0.4, -0.2) is 23.3 Å². The zero-order chi connectivity index (χ0) is 16.8. The molecule has 1 aliphatic carbocycles. The zero-order valence-electron chi connectivity index (χ0n) is 14.3.